The molecule has 5 heteroatoms. The average Bonchev–Trinajstić information content (AvgIpc) is 3.81. The first kappa shape index (κ1) is 25.7. The number of nitrogens with zero attached hydrogens (tertiary/aromatic N) is 4. The number of hydrogen-bond acceptors (Lipinski definition) is 3. The number of hydrogen-bond donors (Lipinski definition) is 0. The van der Waals surface area contributed by atoms with Crippen molar-refractivity contribution < 1.29 is 0 Å². The molecular weight excluding hydrogens is 617 g/mol. The third kappa shape index (κ3) is 3.23. The minimum absolute atomic E-state index is 0.842. The van der Waals surface area contributed by atoms with E-state index in [0.29, 0.717) is 0 Å². The van der Waals surface area contributed by atoms with Crippen LogP contribution in [0.4, 0.5) is 0 Å². The highest BCUT2D eigenvalue weighted by atomic mass is 32.1. The number of rotatable bonds is 3. The Morgan fingerprint density at radius 3 is 1.76 bits per heavy atom. The van der Waals surface area contributed by atoms with Gasteiger partial charge in [-0.1, -0.05) is 84.9 Å². The Labute approximate surface area is 283 Å². The largest absolute Gasteiger partial charge is 0.309 e. The van der Waals surface area contributed by atoms with Crippen LogP contribution < -0.4 is 0 Å². The Hall–Kier alpha value is -6.30. The molecule has 12 rings (SSSR count). The lowest BCUT2D eigenvalue weighted by Gasteiger charge is -2.14. The molecule has 0 atom stereocenters. The monoisotopic (exact) mass is 640 g/mol. The molecule has 0 bridgehead atoms. The van der Waals surface area contributed by atoms with Gasteiger partial charge in [0, 0.05) is 53.0 Å². The van der Waals surface area contributed by atoms with Gasteiger partial charge in [-0.05, 0) is 71.4 Å². The lowest BCUT2D eigenvalue weighted by Crippen LogP contribution is -2.03. The molecule has 49 heavy (non-hydrogen) atoms. The first-order valence-electron chi connectivity index (χ1n) is 16.6. The van der Waals surface area contributed by atoms with E-state index in [0.717, 1.165) is 44.8 Å². The van der Waals surface area contributed by atoms with Gasteiger partial charge in [-0.25, -0.2) is 9.97 Å². The molecule has 0 aliphatic heterocycles. The molecular formula is C44H24N4S. The van der Waals surface area contributed by atoms with Gasteiger partial charge in [0.05, 0.1) is 33.1 Å². The van der Waals surface area contributed by atoms with Gasteiger partial charge >= 0.3 is 0 Å². The first-order chi connectivity index (χ1) is 24.3. The zero-order valence-electron chi connectivity index (χ0n) is 26.1. The van der Waals surface area contributed by atoms with Crippen LogP contribution in [0.15, 0.2) is 146 Å². The van der Waals surface area contributed by atoms with Gasteiger partial charge < -0.3 is 4.57 Å². The maximum Gasteiger partial charge on any atom is 0.165 e. The van der Waals surface area contributed by atoms with E-state index in [1.165, 1.54) is 63.5 Å². The maximum atomic E-state index is 5.43. The molecule has 4 nitrogen and oxygen atoms in total. The summed E-state index contributed by atoms with van der Waals surface area (Å²) in [5, 5.41) is 10.4. The van der Waals surface area contributed by atoms with Gasteiger partial charge in [-0.15, -0.1) is 11.3 Å². The Balaban J connectivity index is 1.39. The summed E-state index contributed by atoms with van der Waals surface area (Å²) in [6.45, 7) is 0. The molecule has 0 saturated heterocycles. The fourth-order valence-electron chi connectivity index (χ4n) is 8.51. The maximum absolute atomic E-state index is 5.43. The average molecular weight is 641 g/mol. The van der Waals surface area contributed by atoms with Gasteiger partial charge in [-0.2, -0.15) is 0 Å². The van der Waals surface area contributed by atoms with Gasteiger partial charge in [0.25, 0.3) is 0 Å². The minimum atomic E-state index is 0.842. The molecule has 0 unspecified atom stereocenters. The van der Waals surface area contributed by atoms with Gasteiger partial charge in [0.15, 0.2) is 5.82 Å². The van der Waals surface area contributed by atoms with E-state index in [-0.39, 0.29) is 0 Å². The fourth-order valence-corrected chi connectivity index (χ4v) is 9.65. The lowest BCUT2D eigenvalue weighted by atomic mass is 9.95. The highest BCUT2D eigenvalue weighted by molar-refractivity contribution is 7.26. The number of fused-ring (bicyclic) bond motifs is 2. The van der Waals surface area contributed by atoms with Crippen LogP contribution in [0, 0.1) is 0 Å². The zero-order chi connectivity index (χ0) is 31.8. The van der Waals surface area contributed by atoms with Crippen molar-refractivity contribution >= 4 is 96.9 Å². The molecule has 226 valence electrons. The van der Waals surface area contributed by atoms with Crippen LogP contribution in [0.25, 0.3) is 108 Å². The van der Waals surface area contributed by atoms with Crippen molar-refractivity contribution in [2.45, 2.75) is 0 Å². The summed E-state index contributed by atoms with van der Waals surface area (Å²) in [4.78, 5) is 10.7. The summed E-state index contributed by atoms with van der Waals surface area (Å²) in [5.41, 5.74) is 9.54. The number of benzene rings is 7. The topological polar surface area (TPSA) is 35.6 Å². The van der Waals surface area contributed by atoms with E-state index in [2.05, 4.69) is 143 Å². The molecule has 4 aromatic heterocycles. The van der Waals surface area contributed by atoms with Crippen molar-refractivity contribution in [1.29, 1.82) is 0 Å². The third-order valence-electron chi connectivity index (χ3n) is 10.4. The highest BCUT2D eigenvalue weighted by Crippen LogP contribution is 2.51. The molecule has 0 aliphatic carbocycles. The summed E-state index contributed by atoms with van der Waals surface area (Å²) in [5.74, 6) is 0.842. The SMILES string of the molecule is c1ccc(-c2nc3ccccc3nc2-n2c3ccc4sc5cccc6c7cccc8c7c7c(c3c4c56)c2ccc7n8-c2ccccc2)cc1. The molecule has 0 saturated carbocycles. The van der Waals surface area contributed by atoms with Crippen LogP contribution >= 0.6 is 11.3 Å². The predicted molar refractivity (Wildman–Crippen MR) is 206 cm³/mol. The summed E-state index contributed by atoms with van der Waals surface area (Å²) < 4.78 is 7.45. The second-order valence-corrected chi connectivity index (χ2v) is 14.0. The van der Waals surface area contributed by atoms with Crippen LogP contribution in [-0.2, 0) is 0 Å². The second-order valence-electron chi connectivity index (χ2n) is 12.9. The van der Waals surface area contributed by atoms with Gasteiger partial charge in [0.1, 0.15) is 5.69 Å². The van der Waals surface area contributed by atoms with E-state index < -0.39 is 0 Å². The van der Waals surface area contributed by atoms with Crippen molar-refractivity contribution in [2.24, 2.45) is 0 Å². The van der Waals surface area contributed by atoms with Crippen molar-refractivity contribution in [2.75, 3.05) is 0 Å². The van der Waals surface area contributed by atoms with Gasteiger partial charge in [-0.3, -0.25) is 4.57 Å². The summed E-state index contributed by atoms with van der Waals surface area (Å²) in [6.07, 6.45) is 0. The Morgan fingerprint density at radius 2 is 0.959 bits per heavy atom. The van der Waals surface area contributed by atoms with Crippen LogP contribution in [0.2, 0.25) is 0 Å². The molecule has 8 aromatic carbocycles. The second kappa shape index (κ2) is 9.19. The molecule has 0 N–H and O–H groups in total. The van der Waals surface area contributed by atoms with Crippen molar-refractivity contribution in [1.82, 2.24) is 19.1 Å². The molecule has 0 fully saturated rings. The van der Waals surface area contributed by atoms with Gasteiger partial charge in [0.2, 0.25) is 0 Å². The summed E-state index contributed by atoms with van der Waals surface area (Å²) in [7, 11) is 0. The standard InChI is InChI=1S/C44H24N4S/c1-3-11-25(12-4-1)43-44(46-30-18-8-7-17-29(30)45-43)48-33-22-21-32-39-37-27(15-9-19-31(37)47(32)26-13-5-2-6-14-26)28-16-10-20-35-38(28)42-36(49-35)24-23-34(48)41(42)40(33)39/h1-24H. The van der Waals surface area contributed by atoms with E-state index in [1.54, 1.807) is 0 Å². The molecule has 0 amide bonds. The van der Waals surface area contributed by atoms with Crippen LogP contribution in [-0.4, -0.2) is 19.1 Å². The number of para-hydroxylation sites is 3. The van der Waals surface area contributed by atoms with E-state index in [4.69, 9.17) is 9.97 Å². The first-order valence-corrected chi connectivity index (χ1v) is 17.4. The van der Waals surface area contributed by atoms with Crippen LogP contribution in [0.5, 0.6) is 0 Å². The highest BCUT2D eigenvalue weighted by Gasteiger charge is 2.27. The van der Waals surface area contributed by atoms with Crippen molar-refractivity contribution in [3.05, 3.63) is 146 Å². The Morgan fingerprint density at radius 1 is 0.388 bits per heavy atom. The number of thiophene rings is 1. The van der Waals surface area contributed by atoms with Crippen LogP contribution in [0.1, 0.15) is 0 Å². The smallest absolute Gasteiger partial charge is 0.165 e. The number of aromatic nitrogens is 4. The summed E-state index contributed by atoms with van der Waals surface area (Å²) in [6, 6.07) is 52.4. The Kier molecular flexibility index (Phi) is 4.83. The van der Waals surface area contributed by atoms with E-state index >= 15 is 0 Å². The molecule has 0 aliphatic rings. The lowest BCUT2D eigenvalue weighted by molar-refractivity contribution is 1.08. The van der Waals surface area contributed by atoms with E-state index in [9.17, 15) is 0 Å². The Bertz CT molecular complexity index is 3260. The predicted octanol–water partition coefficient (Wildman–Crippen LogP) is 11.9. The zero-order valence-corrected chi connectivity index (χ0v) is 26.9. The third-order valence-corrected chi connectivity index (χ3v) is 11.5. The van der Waals surface area contributed by atoms with Crippen molar-refractivity contribution in [3.63, 3.8) is 0 Å². The molecule has 0 radical (unpaired) electrons. The van der Waals surface area contributed by atoms with E-state index in [1.807, 2.05) is 23.5 Å². The molecule has 12 aromatic rings. The molecule has 4 heterocycles. The fraction of sp³-hybridized carbons (Fsp3) is 0. The molecule has 0 spiro atoms. The van der Waals surface area contributed by atoms with Crippen LogP contribution in [0.3, 0.4) is 0 Å². The minimum Gasteiger partial charge on any atom is -0.309 e. The quantitative estimate of drug-likeness (QED) is 0.193. The van der Waals surface area contributed by atoms with Crippen molar-refractivity contribution in [3.8, 4) is 22.8 Å². The summed E-state index contributed by atoms with van der Waals surface area (Å²) >= 11 is 1.89. The normalized spacial score (nSPS) is 12.5.